The van der Waals surface area contributed by atoms with Crippen molar-refractivity contribution in [2.45, 2.75) is 0 Å². The maximum absolute atomic E-state index is 6.21. The number of rotatable bonds is 4. The molecule has 3 nitrogen and oxygen atoms in total. The van der Waals surface area contributed by atoms with Gasteiger partial charge in [-0.1, -0.05) is 101 Å². The topological polar surface area (TPSA) is 38.9 Å². The van der Waals surface area contributed by atoms with Gasteiger partial charge in [-0.2, -0.15) is 0 Å². The Morgan fingerprint density at radius 2 is 1.12 bits per heavy atom. The molecular formula is C30H19BrN2O. The summed E-state index contributed by atoms with van der Waals surface area (Å²) in [4.78, 5) is 0. The van der Waals surface area contributed by atoms with Crippen LogP contribution >= 0.6 is 15.9 Å². The normalized spacial score (nSPS) is 11.6. The average Bonchev–Trinajstić information content (AvgIpc) is 3.37. The Kier molecular flexibility index (Phi) is 5.28. The first-order valence-corrected chi connectivity index (χ1v) is 11.8. The lowest BCUT2D eigenvalue weighted by Crippen LogP contribution is -1.85. The summed E-state index contributed by atoms with van der Waals surface area (Å²) < 4.78 is 7.28. The summed E-state index contributed by atoms with van der Waals surface area (Å²) in [7, 11) is 0. The largest absolute Gasteiger partial charge is 0.416 e. The first-order chi connectivity index (χ1) is 16.7. The summed E-state index contributed by atoms with van der Waals surface area (Å²) in [5.41, 5.74) is 4.12. The van der Waals surface area contributed by atoms with Crippen molar-refractivity contribution in [1.29, 1.82) is 0 Å². The van der Waals surface area contributed by atoms with Gasteiger partial charge in [-0.15, -0.1) is 10.2 Å². The highest BCUT2D eigenvalue weighted by atomic mass is 79.9. The van der Waals surface area contributed by atoms with Crippen LogP contribution in [0.25, 0.3) is 56.6 Å². The minimum absolute atomic E-state index is 0.510. The molecule has 0 aliphatic carbocycles. The van der Waals surface area contributed by atoms with Crippen LogP contribution in [0, 0.1) is 0 Å². The summed E-state index contributed by atoms with van der Waals surface area (Å²) in [6, 6.07) is 35.2. The molecule has 162 valence electrons. The molecule has 0 saturated heterocycles. The van der Waals surface area contributed by atoms with Crippen molar-refractivity contribution in [2.75, 3.05) is 0 Å². The summed E-state index contributed by atoms with van der Waals surface area (Å²) in [6.45, 7) is 0. The molecule has 0 aliphatic heterocycles. The fourth-order valence-corrected chi connectivity index (χ4v) is 4.45. The molecule has 1 heterocycles. The smallest absolute Gasteiger partial charge is 0.249 e. The van der Waals surface area contributed by atoms with Crippen LogP contribution in [0.1, 0.15) is 11.1 Å². The third-order valence-corrected chi connectivity index (χ3v) is 6.43. The molecule has 6 aromatic rings. The van der Waals surface area contributed by atoms with E-state index in [-0.39, 0.29) is 0 Å². The second-order valence-corrected chi connectivity index (χ2v) is 9.03. The van der Waals surface area contributed by atoms with Crippen molar-refractivity contribution >= 4 is 49.6 Å². The third kappa shape index (κ3) is 3.93. The summed E-state index contributed by atoms with van der Waals surface area (Å²) in [5.74, 6) is 1.04. The van der Waals surface area contributed by atoms with Crippen LogP contribution in [-0.4, -0.2) is 10.2 Å². The highest BCUT2D eigenvalue weighted by molar-refractivity contribution is 9.10. The van der Waals surface area contributed by atoms with E-state index in [0.717, 1.165) is 48.3 Å². The Balaban J connectivity index is 1.34. The van der Waals surface area contributed by atoms with E-state index in [1.165, 1.54) is 0 Å². The summed E-state index contributed by atoms with van der Waals surface area (Å²) in [6.07, 6.45) is 4.19. The Morgan fingerprint density at radius 1 is 0.588 bits per heavy atom. The van der Waals surface area contributed by atoms with Crippen LogP contribution in [0.3, 0.4) is 0 Å². The SMILES string of the molecule is Brc1ccc(/C=C/c2ccc(-c3nnc(-c4c5ccccc5cc5ccccc45)o3)cc2)cc1. The predicted octanol–water partition coefficient (Wildman–Crippen LogP) is 8.64. The minimum atomic E-state index is 0.510. The monoisotopic (exact) mass is 502 g/mol. The van der Waals surface area contributed by atoms with Crippen molar-refractivity contribution in [3.63, 3.8) is 0 Å². The number of hydrogen-bond acceptors (Lipinski definition) is 3. The van der Waals surface area contributed by atoms with Gasteiger partial charge in [-0.3, -0.25) is 0 Å². The van der Waals surface area contributed by atoms with Gasteiger partial charge >= 0.3 is 0 Å². The van der Waals surface area contributed by atoms with Gasteiger partial charge < -0.3 is 4.42 Å². The van der Waals surface area contributed by atoms with Crippen LogP contribution in [0.5, 0.6) is 0 Å². The van der Waals surface area contributed by atoms with E-state index in [9.17, 15) is 0 Å². The highest BCUT2D eigenvalue weighted by Gasteiger charge is 2.16. The Morgan fingerprint density at radius 3 is 1.74 bits per heavy atom. The van der Waals surface area contributed by atoms with E-state index in [1.54, 1.807) is 0 Å². The first-order valence-electron chi connectivity index (χ1n) is 11.0. The van der Waals surface area contributed by atoms with Crippen LogP contribution in [0.4, 0.5) is 0 Å². The fourth-order valence-electron chi connectivity index (χ4n) is 4.19. The highest BCUT2D eigenvalue weighted by Crippen LogP contribution is 2.36. The molecule has 0 atom stereocenters. The number of benzene rings is 5. The van der Waals surface area contributed by atoms with Gasteiger partial charge in [0.25, 0.3) is 0 Å². The van der Waals surface area contributed by atoms with E-state index < -0.39 is 0 Å². The quantitative estimate of drug-likeness (QED) is 0.179. The number of fused-ring (bicyclic) bond motifs is 2. The zero-order valence-corrected chi connectivity index (χ0v) is 19.7. The van der Waals surface area contributed by atoms with Crippen LogP contribution in [0.2, 0.25) is 0 Å². The first kappa shape index (κ1) is 20.6. The number of aromatic nitrogens is 2. The zero-order valence-electron chi connectivity index (χ0n) is 18.2. The zero-order chi connectivity index (χ0) is 22.9. The molecule has 1 aromatic heterocycles. The van der Waals surface area contributed by atoms with Crippen molar-refractivity contribution < 1.29 is 4.42 Å². The van der Waals surface area contributed by atoms with Crippen LogP contribution < -0.4 is 0 Å². The molecule has 5 aromatic carbocycles. The molecule has 0 bridgehead atoms. The lowest BCUT2D eigenvalue weighted by atomic mass is 9.97. The molecule has 4 heteroatoms. The molecule has 0 spiro atoms. The van der Waals surface area contributed by atoms with Gasteiger partial charge in [0.1, 0.15) is 0 Å². The predicted molar refractivity (Wildman–Crippen MR) is 143 cm³/mol. The number of halogens is 1. The van der Waals surface area contributed by atoms with Crippen LogP contribution in [0.15, 0.2) is 112 Å². The van der Waals surface area contributed by atoms with Crippen LogP contribution in [-0.2, 0) is 0 Å². The molecule has 0 N–H and O–H groups in total. The van der Waals surface area contributed by atoms with Gasteiger partial charge in [0, 0.05) is 10.0 Å². The molecule has 0 aliphatic rings. The molecule has 0 unspecified atom stereocenters. The fraction of sp³-hybridized carbons (Fsp3) is 0. The molecule has 0 radical (unpaired) electrons. The second kappa shape index (κ2) is 8.73. The Labute approximate surface area is 205 Å². The van der Waals surface area contributed by atoms with E-state index in [2.05, 4.69) is 92.9 Å². The van der Waals surface area contributed by atoms with Crippen molar-refractivity contribution in [3.8, 4) is 22.9 Å². The van der Waals surface area contributed by atoms with Gasteiger partial charge in [0.2, 0.25) is 11.8 Å². The Bertz CT molecular complexity index is 1590. The average molecular weight is 503 g/mol. The summed E-state index contributed by atoms with van der Waals surface area (Å²) >= 11 is 3.47. The number of nitrogens with zero attached hydrogens (tertiary/aromatic N) is 2. The van der Waals surface area contributed by atoms with Crippen molar-refractivity contribution in [2.24, 2.45) is 0 Å². The molecule has 0 fully saturated rings. The van der Waals surface area contributed by atoms with Crippen molar-refractivity contribution in [1.82, 2.24) is 10.2 Å². The van der Waals surface area contributed by atoms with E-state index >= 15 is 0 Å². The minimum Gasteiger partial charge on any atom is -0.416 e. The third-order valence-electron chi connectivity index (χ3n) is 5.91. The van der Waals surface area contributed by atoms with Gasteiger partial charge in [0.05, 0.1) is 5.56 Å². The second-order valence-electron chi connectivity index (χ2n) is 8.11. The number of hydrogen-bond donors (Lipinski definition) is 0. The molecule has 0 amide bonds. The molecular weight excluding hydrogens is 484 g/mol. The van der Waals surface area contributed by atoms with Crippen molar-refractivity contribution in [3.05, 3.63) is 119 Å². The van der Waals surface area contributed by atoms with E-state index in [1.807, 2.05) is 48.5 Å². The standard InChI is InChI=1S/C30H19BrN2O/c31-25-17-13-21(14-18-25)10-9-20-11-15-22(16-12-20)29-32-33-30(34-29)28-26-7-3-1-5-23(26)19-24-6-2-4-8-27(24)28/h1-19H/b10-9+. The van der Waals surface area contributed by atoms with E-state index in [0.29, 0.717) is 11.8 Å². The molecule has 0 saturated carbocycles. The maximum Gasteiger partial charge on any atom is 0.249 e. The lowest BCUT2D eigenvalue weighted by molar-refractivity contribution is 0.586. The molecule has 34 heavy (non-hydrogen) atoms. The lowest BCUT2D eigenvalue weighted by Gasteiger charge is -2.08. The molecule has 6 rings (SSSR count). The van der Waals surface area contributed by atoms with Gasteiger partial charge in [-0.25, -0.2) is 0 Å². The van der Waals surface area contributed by atoms with E-state index in [4.69, 9.17) is 4.42 Å². The maximum atomic E-state index is 6.21. The Hall–Kier alpha value is -4.02. The van der Waals surface area contributed by atoms with Gasteiger partial charge in [0.15, 0.2) is 0 Å². The summed E-state index contributed by atoms with van der Waals surface area (Å²) in [5, 5.41) is 13.3. The van der Waals surface area contributed by atoms with Gasteiger partial charge in [-0.05, 0) is 63.0 Å².